The van der Waals surface area contributed by atoms with Crippen LogP contribution in [0, 0.1) is 0 Å². The van der Waals surface area contributed by atoms with Crippen LogP contribution in [0.2, 0.25) is 0 Å². The molecule has 21 heavy (non-hydrogen) atoms. The summed E-state index contributed by atoms with van der Waals surface area (Å²) in [7, 11) is 1.86. The third-order valence-corrected chi connectivity index (χ3v) is 3.24. The molecule has 0 fully saturated rings. The second kappa shape index (κ2) is 5.20. The molecule has 0 bridgehead atoms. The molecule has 1 heterocycles. The molecule has 0 amide bonds. The van der Waals surface area contributed by atoms with Gasteiger partial charge >= 0.3 is 5.97 Å². The second-order valence-corrected chi connectivity index (χ2v) is 4.59. The quantitative estimate of drug-likeness (QED) is 0.798. The van der Waals surface area contributed by atoms with Gasteiger partial charge in [-0.15, -0.1) is 0 Å². The lowest BCUT2D eigenvalue weighted by Gasteiger charge is -2.20. The molecule has 104 valence electrons. The van der Waals surface area contributed by atoms with Crippen LogP contribution in [0.3, 0.4) is 0 Å². The minimum Gasteiger partial charge on any atom is -0.475 e. The average Bonchev–Trinajstić information content (AvgIpc) is 2.54. The number of benzene rings is 2. The summed E-state index contributed by atoms with van der Waals surface area (Å²) in [6, 6.07) is 17.0. The van der Waals surface area contributed by atoms with Crippen molar-refractivity contribution in [1.29, 1.82) is 0 Å². The molecule has 5 nitrogen and oxygen atoms in total. The van der Waals surface area contributed by atoms with Crippen molar-refractivity contribution in [1.82, 2.24) is 9.97 Å². The Hall–Kier alpha value is -2.95. The lowest BCUT2D eigenvalue weighted by molar-refractivity contribution is 0.0684. The van der Waals surface area contributed by atoms with E-state index < -0.39 is 5.97 Å². The first-order chi connectivity index (χ1) is 10.2. The van der Waals surface area contributed by atoms with Gasteiger partial charge < -0.3 is 10.0 Å². The van der Waals surface area contributed by atoms with Gasteiger partial charge in [-0.2, -0.15) is 0 Å². The molecule has 0 radical (unpaired) electrons. The zero-order valence-electron chi connectivity index (χ0n) is 11.4. The summed E-state index contributed by atoms with van der Waals surface area (Å²) >= 11 is 0. The molecule has 0 aliphatic rings. The molecular formula is C16H13N3O2. The fourth-order valence-electron chi connectivity index (χ4n) is 2.19. The summed E-state index contributed by atoms with van der Waals surface area (Å²) in [4.78, 5) is 21.3. The molecule has 3 aromatic rings. The van der Waals surface area contributed by atoms with Crippen LogP contribution in [-0.2, 0) is 0 Å². The smallest absolute Gasteiger partial charge is 0.374 e. The van der Waals surface area contributed by atoms with Crippen molar-refractivity contribution in [2.75, 3.05) is 11.9 Å². The molecular weight excluding hydrogens is 266 g/mol. The number of carboxylic acids is 1. The van der Waals surface area contributed by atoms with Gasteiger partial charge in [0.15, 0.2) is 0 Å². The number of hydrogen-bond donors (Lipinski definition) is 1. The molecule has 1 aromatic heterocycles. The maximum atomic E-state index is 11.2. The van der Waals surface area contributed by atoms with Crippen LogP contribution in [0.5, 0.6) is 0 Å². The van der Waals surface area contributed by atoms with Crippen LogP contribution in [0.4, 0.5) is 11.5 Å². The van der Waals surface area contributed by atoms with Gasteiger partial charge in [0.05, 0.1) is 5.52 Å². The topological polar surface area (TPSA) is 66.3 Å². The number of nitrogens with zero attached hydrogens (tertiary/aromatic N) is 3. The minimum atomic E-state index is -1.14. The molecule has 0 unspecified atom stereocenters. The Balaban J connectivity index is 2.23. The lowest BCUT2D eigenvalue weighted by atomic mass is 10.2. The second-order valence-electron chi connectivity index (χ2n) is 4.59. The van der Waals surface area contributed by atoms with Crippen molar-refractivity contribution >= 4 is 28.4 Å². The summed E-state index contributed by atoms with van der Waals surface area (Å²) in [6.45, 7) is 0. The maximum absolute atomic E-state index is 11.2. The van der Waals surface area contributed by atoms with Crippen LogP contribution < -0.4 is 4.90 Å². The fourth-order valence-corrected chi connectivity index (χ4v) is 2.19. The molecule has 1 N–H and O–H groups in total. The van der Waals surface area contributed by atoms with Crippen LogP contribution >= 0.6 is 0 Å². The molecule has 0 saturated heterocycles. The fraction of sp³-hybridized carbons (Fsp3) is 0.0625. The number of fused-ring (bicyclic) bond motifs is 1. The summed E-state index contributed by atoms with van der Waals surface area (Å²) in [5, 5.41) is 9.99. The lowest BCUT2D eigenvalue weighted by Crippen LogP contribution is -2.15. The van der Waals surface area contributed by atoms with Crippen LogP contribution in [0.25, 0.3) is 10.9 Å². The van der Waals surface area contributed by atoms with Gasteiger partial charge in [0.2, 0.25) is 5.82 Å². The molecule has 0 atom stereocenters. The zero-order chi connectivity index (χ0) is 14.8. The zero-order valence-corrected chi connectivity index (χ0v) is 11.4. The number of anilines is 2. The predicted molar refractivity (Wildman–Crippen MR) is 81.0 cm³/mol. The SMILES string of the molecule is CN(c1ccccc1)c1nc(C(=O)O)nc2ccccc12. The monoisotopic (exact) mass is 279 g/mol. The number of carboxylic acid groups (broad SMARTS) is 1. The molecule has 0 spiro atoms. The Kier molecular flexibility index (Phi) is 3.23. The number of para-hydroxylation sites is 2. The van der Waals surface area contributed by atoms with Crippen LogP contribution in [-0.4, -0.2) is 28.1 Å². The summed E-state index contributed by atoms with van der Waals surface area (Å²) in [5.74, 6) is -0.765. The Bertz CT molecular complexity index is 803. The molecule has 0 saturated carbocycles. The largest absolute Gasteiger partial charge is 0.475 e. The van der Waals surface area contributed by atoms with E-state index in [0.717, 1.165) is 11.1 Å². The third kappa shape index (κ3) is 2.41. The normalized spacial score (nSPS) is 10.5. The van der Waals surface area contributed by atoms with Gasteiger partial charge in [-0.25, -0.2) is 14.8 Å². The Morgan fingerprint density at radius 1 is 1.00 bits per heavy atom. The van der Waals surface area contributed by atoms with Crippen LogP contribution in [0.1, 0.15) is 10.6 Å². The summed E-state index contributed by atoms with van der Waals surface area (Å²) in [6.07, 6.45) is 0. The van der Waals surface area contributed by atoms with Gasteiger partial charge in [-0.05, 0) is 24.3 Å². The van der Waals surface area contributed by atoms with Crippen molar-refractivity contribution in [3.63, 3.8) is 0 Å². The van der Waals surface area contributed by atoms with E-state index in [0.29, 0.717) is 11.3 Å². The van der Waals surface area contributed by atoms with Crippen molar-refractivity contribution in [2.45, 2.75) is 0 Å². The van der Waals surface area contributed by atoms with E-state index in [4.69, 9.17) is 0 Å². The first-order valence-corrected chi connectivity index (χ1v) is 6.45. The van der Waals surface area contributed by atoms with Gasteiger partial charge in [-0.1, -0.05) is 30.3 Å². The van der Waals surface area contributed by atoms with Crippen molar-refractivity contribution < 1.29 is 9.90 Å². The number of rotatable bonds is 3. The van der Waals surface area contributed by atoms with Crippen molar-refractivity contribution in [2.24, 2.45) is 0 Å². The Morgan fingerprint density at radius 3 is 2.38 bits per heavy atom. The van der Waals surface area contributed by atoms with Gasteiger partial charge in [0.25, 0.3) is 0 Å². The highest BCUT2D eigenvalue weighted by molar-refractivity contribution is 5.95. The molecule has 0 aliphatic heterocycles. The summed E-state index contributed by atoms with van der Waals surface area (Å²) in [5.41, 5.74) is 1.54. The highest BCUT2D eigenvalue weighted by Gasteiger charge is 2.16. The highest BCUT2D eigenvalue weighted by Crippen LogP contribution is 2.28. The van der Waals surface area contributed by atoms with Gasteiger partial charge in [-0.3, -0.25) is 0 Å². The number of hydrogen-bond acceptors (Lipinski definition) is 4. The standard InChI is InChI=1S/C16H13N3O2/c1-19(11-7-3-2-4-8-11)15-12-9-5-6-10-13(12)17-14(18-15)16(20)21/h2-10H,1H3,(H,20,21). The number of aromatic carboxylic acids is 1. The first-order valence-electron chi connectivity index (χ1n) is 6.45. The van der Waals surface area contributed by atoms with E-state index in [2.05, 4.69) is 9.97 Å². The molecule has 3 rings (SSSR count). The maximum Gasteiger partial charge on any atom is 0.374 e. The predicted octanol–water partition coefficient (Wildman–Crippen LogP) is 3.10. The van der Waals surface area contributed by atoms with E-state index in [-0.39, 0.29) is 5.82 Å². The minimum absolute atomic E-state index is 0.202. The molecule has 0 aliphatic carbocycles. The Morgan fingerprint density at radius 2 is 1.67 bits per heavy atom. The van der Waals surface area contributed by atoms with Crippen molar-refractivity contribution in [3.05, 3.63) is 60.4 Å². The highest BCUT2D eigenvalue weighted by atomic mass is 16.4. The van der Waals surface area contributed by atoms with Gasteiger partial charge in [0, 0.05) is 18.1 Å². The third-order valence-electron chi connectivity index (χ3n) is 3.24. The number of aromatic nitrogens is 2. The van der Waals surface area contributed by atoms with E-state index in [9.17, 15) is 9.90 Å². The van der Waals surface area contributed by atoms with Crippen molar-refractivity contribution in [3.8, 4) is 0 Å². The number of carbonyl (C=O) groups is 1. The molecule has 5 heteroatoms. The summed E-state index contributed by atoms with van der Waals surface area (Å²) < 4.78 is 0. The van der Waals surface area contributed by atoms with E-state index in [1.165, 1.54) is 0 Å². The van der Waals surface area contributed by atoms with Gasteiger partial charge in [0.1, 0.15) is 5.82 Å². The Labute approximate surface area is 121 Å². The molecule has 2 aromatic carbocycles. The van der Waals surface area contributed by atoms with E-state index in [1.54, 1.807) is 6.07 Å². The van der Waals surface area contributed by atoms with E-state index >= 15 is 0 Å². The first kappa shape index (κ1) is 13.1. The van der Waals surface area contributed by atoms with Crippen LogP contribution in [0.15, 0.2) is 54.6 Å². The average molecular weight is 279 g/mol. The van der Waals surface area contributed by atoms with E-state index in [1.807, 2.05) is 60.5 Å².